The maximum Gasteiger partial charge on any atom is 0.246 e. The van der Waals surface area contributed by atoms with Crippen LogP contribution in [0.3, 0.4) is 0 Å². The molecule has 0 aliphatic carbocycles. The van der Waals surface area contributed by atoms with Gasteiger partial charge < -0.3 is 18.9 Å². The first-order valence-corrected chi connectivity index (χ1v) is 17.0. The van der Waals surface area contributed by atoms with Crippen molar-refractivity contribution in [1.29, 1.82) is 0 Å². The molecule has 0 spiro atoms. The van der Waals surface area contributed by atoms with E-state index in [9.17, 15) is 4.79 Å². The Morgan fingerprint density at radius 3 is 2.73 bits per heavy atom. The number of ether oxygens (including phenoxy) is 1. The van der Waals surface area contributed by atoms with Gasteiger partial charge >= 0.3 is 0 Å². The number of hydrogen-bond acceptors (Lipinski definition) is 5. The van der Waals surface area contributed by atoms with Crippen molar-refractivity contribution in [2.45, 2.75) is 102 Å². The van der Waals surface area contributed by atoms with Crippen LogP contribution in [0.5, 0.6) is 0 Å². The van der Waals surface area contributed by atoms with Gasteiger partial charge in [-0.05, 0) is 68.8 Å². The average molecular weight is 531 g/mol. The minimum absolute atomic E-state index is 0.00482. The fourth-order valence-electron chi connectivity index (χ4n) is 6.21. The van der Waals surface area contributed by atoms with Crippen LogP contribution in [0.4, 0.5) is 9.80 Å². The highest BCUT2D eigenvalue weighted by Crippen LogP contribution is 2.47. The van der Waals surface area contributed by atoms with Crippen molar-refractivity contribution in [3.63, 3.8) is 0 Å². The number of aryl methyl sites for hydroxylation is 2. The lowest BCUT2D eigenvalue weighted by Crippen LogP contribution is -2.36. The van der Waals surface area contributed by atoms with Crippen LogP contribution in [-0.2, 0) is 28.9 Å². The molecule has 4 atom stereocenters. The lowest BCUT2D eigenvalue weighted by Gasteiger charge is -2.28. The predicted molar refractivity (Wildman–Crippen MR) is 146 cm³/mol. The van der Waals surface area contributed by atoms with Gasteiger partial charge in [-0.25, -0.2) is 0 Å². The molecule has 0 unspecified atom stereocenters. The van der Waals surface area contributed by atoms with Crippen LogP contribution in [0.15, 0.2) is 30.5 Å². The summed E-state index contributed by atoms with van der Waals surface area (Å²) < 4.78 is 23.8. The van der Waals surface area contributed by atoms with Crippen molar-refractivity contribution >= 4 is 20.0 Å². The Kier molecular flexibility index (Phi) is 9.53. The van der Waals surface area contributed by atoms with Crippen LogP contribution < -0.4 is 4.90 Å². The molecule has 1 aromatic carbocycles. The predicted octanol–water partition coefficient (Wildman–Crippen LogP) is 5.08. The summed E-state index contributed by atoms with van der Waals surface area (Å²) in [4.78, 5) is 14.7. The molecule has 0 radical (unpaired) electrons. The minimum atomic E-state index is -2.94. The molecule has 2 aromatic rings. The van der Waals surface area contributed by atoms with E-state index in [4.69, 9.17) is 9.84 Å². The zero-order valence-corrected chi connectivity index (χ0v) is 23.6. The largest absolute Gasteiger partial charge is 0.396 e. The summed E-state index contributed by atoms with van der Waals surface area (Å²) in [6.45, 7) is 7.20. The van der Waals surface area contributed by atoms with Gasteiger partial charge in [-0.2, -0.15) is 0 Å². The van der Waals surface area contributed by atoms with E-state index < -0.39 is 8.41 Å². The van der Waals surface area contributed by atoms with E-state index in [1.807, 2.05) is 23.2 Å². The Balaban J connectivity index is 1.39. The van der Waals surface area contributed by atoms with Gasteiger partial charge in [0.25, 0.3) is 0 Å². The summed E-state index contributed by atoms with van der Waals surface area (Å²) in [5, 5.41) is 17.3. The topological polar surface area (TPSA) is 80.5 Å². The number of halogens is 1. The Labute approximate surface area is 221 Å². The molecule has 4 rings (SSSR count). The zero-order valence-electron chi connectivity index (χ0n) is 22.6. The molecule has 2 fully saturated rings. The lowest BCUT2D eigenvalue weighted by atomic mass is 9.95. The SMILES string of the molecule is C[C@H]1[C@H]([Si](C)(C)F)[C@@H](CCn2cc(CCO)nn2)O[C@H]1CCc1cccc(N2CCCCCCC2=O)c1. The van der Waals surface area contributed by atoms with Crippen molar-refractivity contribution in [2.75, 3.05) is 18.1 Å². The first kappa shape index (κ1) is 27.9. The van der Waals surface area contributed by atoms with Crippen molar-refractivity contribution in [2.24, 2.45) is 5.92 Å². The Hall–Kier alpha value is -2.10. The van der Waals surface area contributed by atoms with E-state index in [2.05, 4.69) is 29.4 Å². The standard InChI is InChI=1S/C28H43FN4O3Si/c1-21-25(13-12-22-9-8-10-24(19-22)33-16-7-5-4-6-11-27(33)35)36-26(28(21)37(2,3)29)14-17-32-20-23(15-18-34)30-31-32/h8-10,19-21,25-26,28,34H,4-7,11-18H2,1-3H3/t21-,25+,26-,28+/m1/s1. The molecule has 1 N–H and O–H groups in total. The number of carbonyl (C=O) groups excluding carboxylic acids is 1. The van der Waals surface area contributed by atoms with Crippen LogP contribution in [0.25, 0.3) is 0 Å². The van der Waals surface area contributed by atoms with E-state index in [-0.39, 0.29) is 36.2 Å². The van der Waals surface area contributed by atoms with Gasteiger partial charge in [0.15, 0.2) is 0 Å². The molecule has 1 aromatic heterocycles. The fourth-order valence-corrected chi connectivity index (χ4v) is 8.80. The van der Waals surface area contributed by atoms with Gasteiger partial charge in [-0.15, -0.1) is 5.10 Å². The smallest absolute Gasteiger partial charge is 0.246 e. The highest BCUT2D eigenvalue weighted by Gasteiger charge is 2.50. The number of nitrogens with zero attached hydrogens (tertiary/aromatic N) is 4. The molecule has 3 heterocycles. The number of amides is 1. The average Bonchev–Trinajstić information content (AvgIpc) is 3.42. The second kappa shape index (κ2) is 12.6. The molecular weight excluding hydrogens is 487 g/mol. The fraction of sp³-hybridized carbons (Fsp3) is 0.679. The van der Waals surface area contributed by atoms with Crippen molar-refractivity contribution in [3.05, 3.63) is 41.7 Å². The number of aliphatic hydroxyl groups excluding tert-OH is 1. The summed E-state index contributed by atoms with van der Waals surface area (Å²) in [5.74, 6) is 0.373. The molecule has 0 bridgehead atoms. The first-order valence-electron chi connectivity index (χ1n) is 14.0. The van der Waals surface area contributed by atoms with Gasteiger partial charge in [0, 0.05) is 50.0 Å². The van der Waals surface area contributed by atoms with Crippen LogP contribution in [0.1, 0.15) is 63.1 Å². The Morgan fingerprint density at radius 1 is 1.14 bits per heavy atom. The van der Waals surface area contributed by atoms with E-state index in [1.165, 1.54) is 12.0 Å². The number of anilines is 1. The molecule has 37 heavy (non-hydrogen) atoms. The van der Waals surface area contributed by atoms with Gasteiger partial charge in [0.2, 0.25) is 14.3 Å². The molecule has 2 aliphatic rings. The number of rotatable bonds is 10. The third kappa shape index (κ3) is 7.27. The molecule has 2 saturated heterocycles. The Bertz CT molecular complexity index is 1030. The summed E-state index contributed by atoms with van der Waals surface area (Å²) in [5.41, 5.74) is 2.88. The maximum atomic E-state index is 15.5. The number of carbonyl (C=O) groups is 1. The number of benzene rings is 1. The van der Waals surface area contributed by atoms with Gasteiger partial charge in [0.05, 0.1) is 17.9 Å². The van der Waals surface area contributed by atoms with Gasteiger partial charge in [-0.1, -0.05) is 37.1 Å². The van der Waals surface area contributed by atoms with E-state index in [0.29, 0.717) is 25.8 Å². The molecule has 2 aliphatic heterocycles. The molecule has 1 amide bonds. The van der Waals surface area contributed by atoms with Gasteiger partial charge in [0.1, 0.15) is 0 Å². The summed E-state index contributed by atoms with van der Waals surface area (Å²) in [6.07, 6.45) is 9.54. The summed E-state index contributed by atoms with van der Waals surface area (Å²) in [7, 11) is -2.94. The van der Waals surface area contributed by atoms with Crippen molar-refractivity contribution in [3.8, 4) is 0 Å². The normalized spacial score (nSPS) is 25.3. The highest BCUT2D eigenvalue weighted by atomic mass is 28.4. The second-order valence-corrected chi connectivity index (χ2v) is 15.1. The second-order valence-electron chi connectivity index (χ2n) is 11.3. The summed E-state index contributed by atoms with van der Waals surface area (Å²) in [6, 6.07) is 8.35. The van der Waals surface area contributed by atoms with Gasteiger partial charge in [-0.3, -0.25) is 9.48 Å². The summed E-state index contributed by atoms with van der Waals surface area (Å²) >= 11 is 0. The Morgan fingerprint density at radius 2 is 1.95 bits per heavy atom. The molecule has 0 saturated carbocycles. The maximum absolute atomic E-state index is 15.5. The molecule has 7 nitrogen and oxygen atoms in total. The highest BCUT2D eigenvalue weighted by molar-refractivity contribution is 6.72. The third-order valence-electron chi connectivity index (χ3n) is 8.06. The number of aliphatic hydroxyl groups is 1. The van der Waals surface area contributed by atoms with E-state index >= 15 is 4.11 Å². The molecular formula is C28H43FN4O3Si. The van der Waals surface area contributed by atoms with Crippen LogP contribution in [0.2, 0.25) is 18.6 Å². The lowest BCUT2D eigenvalue weighted by molar-refractivity contribution is -0.118. The van der Waals surface area contributed by atoms with Crippen molar-refractivity contribution < 1.29 is 18.7 Å². The van der Waals surface area contributed by atoms with Crippen LogP contribution in [0, 0.1) is 5.92 Å². The third-order valence-corrected chi connectivity index (χ3v) is 10.5. The van der Waals surface area contributed by atoms with E-state index in [1.54, 1.807) is 17.8 Å². The number of hydrogen-bond donors (Lipinski definition) is 1. The zero-order chi connectivity index (χ0) is 26.4. The van der Waals surface area contributed by atoms with Crippen LogP contribution in [-0.4, -0.2) is 59.8 Å². The first-order chi connectivity index (χ1) is 17.8. The van der Waals surface area contributed by atoms with Crippen LogP contribution >= 0.6 is 0 Å². The molecule has 204 valence electrons. The number of aromatic nitrogens is 3. The quantitative estimate of drug-likeness (QED) is 0.342. The monoisotopic (exact) mass is 530 g/mol. The minimum Gasteiger partial charge on any atom is -0.396 e. The van der Waals surface area contributed by atoms with E-state index in [0.717, 1.165) is 50.0 Å². The molecule has 9 heteroatoms. The van der Waals surface area contributed by atoms with Crippen molar-refractivity contribution in [1.82, 2.24) is 15.0 Å².